The summed E-state index contributed by atoms with van der Waals surface area (Å²) in [6.07, 6.45) is 3.34. The van der Waals surface area contributed by atoms with Gasteiger partial charge in [-0.3, -0.25) is 19.6 Å². The first kappa shape index (κ1) is 18.4. The van der Waals surface area contributed by atoms with Gasteiger partial charge in [0.15, 0.2) is 0 Å². The van der Waals surface area contributed by atoms with E-state index in [1.807, 2.05) is 36.4 Å². The van der Waals surface area contributed by atoms with Crippen LogP contribution in [0, 0.1) is 11.3 Å². The molecule has 3 rings (SSSR count). The molecular formula is C20H20N4O3. The second-order valence-corrected chi connectivity index (χ2v) is 6.18. The molecule has 1 aromatic heterocycles. The summed E-state index contributed by atoms with van der Waals surface area (Å²) in [6.45, 7) is -0.260. The Hall–Kier alpha value is -3.35. The van der Waals surface area contributed by atoms with Crippen molar-refractivity contribution in [2.24, 2.45) is 10.9 Å². The fourth-order valence-electron chi connectivity index (χ4n) is 3.25. The minimum absolute atomic E-state index is 0.186. The number of nitrogens with zero attached hydrogens (tertiary/aromatic N) is 3. The van der Waals surface area contributed by atoms with Crippen LogP contribution in [0.5, 0.6) is 0 Å². The zero-order chi connectivity index (χ0) is 19.4. The first-order chi connectivity index (χ1) is 13.0. The summed E-state index contributed by atoms with van der Waals surface area (Å²) in [7, 11) is 2.94. The maximum Gasteiger partial charge on any atom is 0.327 e. The second kappa shape index (κ2) is 7.90. The van der Waals surface area contributed by atoms with Crippen LogP contribution in [0.3, 0.4) is 0 Å². The molecule has 7 nitrogen and oxygen atoms in total. The Morgan fingerprint density at radius 3 is 2.63 bits per heavy atom. The number of ether oxygens (including phenoxy) is 1. The molecule has 1 aromatic carbocycles. The fraction of sp³-hybridized carbons (Fsp3) is 0.250. The summed E-state index contributed by atoms with van der Waals surface area (Å²) >= 11 is 0. The number of hydrogen-bond donors (Lipinski definition) is 1. The Morgan fingerprint density at radius 2 is 2.00 bits per heavy atom. The number of aliphatic imine (C=N–C) groups is 1. The number of hydrogen-bond acceptors (Lipinski definition) is 6. The SMILES string of the molecule is COC(=O)CN=C1C(=O)N(C)C(c2cccnc2)C1C(=N)c1ccccc1. The lowest BCUT2D eigenvalue weighted by Gasteiger charge is -2.25. The summed E-state index contributed by atoms with van der Waals surface area (Å²) in [5.41, 5.74) is 1.96. The van der Waals surface area contributed by atoms with E-state index in [4.69, 9.17) is 5.41 Å². The van der Waals surface area contributed by atoms with Gasteiger partial charge in [-0.05, 0) is 17.2 Å². The van der Waals surface area contributed by atoms with Crippen LogP contribution in [0.15, 0.2) is 59.9 Å². The third-order valence-electron chi connectivity index (χ3n) is 4.59. The van der Waals surface area contributed by atoms with Gasteiger partial charge in [-0.25, -0.2) is 0 Å². The van der Waals surface area contributed by atoms with Crippen LogP contribution >= 0.6 is 0 Å². The zero-order valence-electron chi connectivity index (χ0n) is 15.1. The van der Waals surface area contributed by atoms with Gasteiger partial charge in [-0.1, -0.05) is 36.4 Å². The van der Waals surface area contributed by atoms with E-state index >= 15 is 0 Å². The van der Waals surface area contributed by atoms with E-state index in [1.165, 1.54) is 7.11 Å². The highest BCUT2D eigenvalue weighted by Gasteiger charge is 2.46. The van der Waals surface area contributed by atoms with Crippen LogP contribution in [-0.4, -0.2) is 53.9 Å². The van der Waals surface area contributed by atoms with Crippen LogP contribution in [0.2, 0.25) is 0 Å². The van der Waals surface area contributed by atoms with Crippen LogP contribution < -0.4 is 0 Å². The fourth-order valence-corrected chi connectivity index (χ4v) is 3.25. The summed E-state index contributed by atoms with van der Waals surface area (Å²) in [5.74, 6) is -1.45. The number of esters is 1. The number of amides is 1. The van der Waals surface area contributed by atoms with Crippen molar-refractivity contribution in [3.63, 3.8) is 0 Å². The Bertz CT molecular complexity index is 881. The van der Waals surface area contributed by atoms with E-state index in [9.17, 15) is 9.59 Å². The van der Waals surface area contributed by atoms with Gasteiger partial charge in [0.2, 0.25) is 0 Å². The Morgan fingerprint density at radius 1 is 1.26 bits per heavy atom. The van der Waals surface area contributed by atoms with Crippen LogP contribution in [-0.2, 0) is 14.3 Å². The summed E-state index contributed by atoms with van der Waals surface area (Å²) < 4.78 is 4.63. The Labute approximate surface area is 157 Å². The van der Waals surface area contributed by atoms with Crippen molar-refractivity contribution in [1.29, 1.82) is 5.41 Å². The molecule has 0 bridgehead atoms. The van der Waals surface area contributed by atoms with Crippen molar-refractivity contribution in [3.05, 3.63) is 66.0 Å². The van der Waals surface area contributed by atoms with E-state index in [2.05, 4.69) is 14.7 Å². The quantitative estimate of drug-likeness (QED) is 0.647. The average Bonchev–Trinajstić information content (AvgIpc) is 2.97. The molecule has 2 heterocycles. The van der Waals surface area contributed by atoms with Crippen LogP contribution in [0.4, 0.5) is 0 Å². The van der Waals surface area contributed by atoms with E-state index in [0.717, 1.165) is 5.56 Å². The molecule has 2 atom stereocenters. The third kappa shape index (κ3) is 3.62. The number of benzene rings is 1. The van der Waals surface area contributed by atoms with E-state index in [1.54, 1.807) is 30.4 Å². The van der Waals surface area contributed by atoms with E-state index in [-0.39, 0.29) is 23.9 Å². The van der Waals surface area contributed by atoms with Gasteiger partial charge in [0, 0.05) is 19.4 Å². The van der Waals surface area contributed by atoms with Gasteiger partial charge in [0.25, 0.3) is 5.91 Å². The zero-order valence-corrected chi connectivity index (χ0v) is 15.1. The first-order valence-corrected chi connectivity index (χ1v) is 8.46. The average molecular weight is 364 g/mol. The molecule has 1 aliphatic heterocycles. The minimum Gasteiger partial charge on any atom is -0.468 e. The highest BCUT2D eigenvalue weighted by molar-refractivity contribution is 6.46. The molecule has 1 amide bonds. The molecule has 27 heavy (non-hydrogen) atoms. The van der Waals surface area contributed by atoms with Crippen molar-refractivity contribution in [3.8, 4) is 0 Å². The predicted octanol–water partition coefficient (Wildman–Crippen LogP) is 1.89. The summed E-state index contributed by atoms with van der Waals surface area (Å²) in [4.78, 5) is 34.3. The van der Waals surface area contributed by atoms with E-state index < -0.39 is 17.9 Å². The van der Waals surface area contributed by atoms with Gasteiger partial charge < -0.3 is 15.0 Å². The van der Waals surface area contributed by atoms with Crippen molar-refractivity contribution >= 4 is 23.3 Å². The molecule has 0 aliphatic carbocycles. The molecule has 1 saturated heterocycles. The van der Waals surface area contributed by atoms with Gasteiger partial charge in [-0.15, -0.1) is 0 Å². The van der Waals surface area contributed by atoms with E-state index in [0.29, 0.717) is 5.56 Å². The largest absolute Gasteiger partial charge is 0.468 e. The number of methoxy groups -OCH3 is 1. The number of aromatic nitrogens is 1. The molecule has 1 fully saturated rings. The maximum atomic E-state index is 12.9. The minimum atomic E-state index is -0.612. The summed E-state index contributed by atoms with van der Waals surface area (Å²) in [6, 6.07) is 12.4. The van der Waals surface area contributed by atoms with Gasteiger partial charge in [-0.2, -0.15) is 0 Å². The normalized spacial score (nSPS) is 20.7. The van der Waals surface area contributed by atoms with Gasteiger partial charge in [0.1, 0.15) is 12.3 Å². The smallest absolute Gasteiger partial charge is 0.327 e. The number of carbonyl (C=O) groups excluding carboxylic acids is 2. The number of likely N-dealkylation sites (tertiary alicyclic amines) is 1. The Balaban J connectivity index is 2.08. The number of pyridine rings is 1. The monoisotopic (exact) mass is 364 g/mol. The molecule has 0 spiro atoms. The lowest BCUT2D eigenvalue weighted by atomic mass is 9.86. The molecule has 0 radical (unpaired) electrons. The lowest BCUT2D eigenvalue weighted by molar-refractivity contribution is -0.138. The third-order valence-corrected chi connectivity index (χ3v) is 4.59. The predicted molar refractivity (Wildman–Crippen MR) is 101 cm³/mol. The lowest BCUT2D eigenvalue weighted by Crippen LogP contribution is -2.28. The van der Waals surface area contributed by atoms with Gasteiger partial charge >= 0.3 is 5.97 Å². The highest BCUT2D eigenvalue weighted by atomic mass is 16.5. The van der Waals surface area contributed by atoms with Crippen LogP contribution in [0.25, 0.3) is 0 Å². The topological polar surface area (TPSA) is 95.7 Å². The molecule has 2 unspecified atom stereocenters. The number of rotatable bonds is 5. The number of carbonyl (C=O) groups is 2. The number of nitrogens with one attached hydrogen (secondary N) is 1. The second-order valence-electron chi connectivity index (χ2n) is 6.18. The molecular weight excluding hydrogens is 344 g/mol. The standard InChI is InChI=1S/C20H20N4O3/c1-24-19(14-9-6-10-22-11-14)16(17(21)13-7-4-3-5-8-13)18(20(24)26)23-12-15(25)27-2/h3-11,16,19,21H,12H2,1-2H3. The molecule has 138 valence electrons. The molecule has 0 saturated carbocycles. The van der Waals surface area contributed by atoms with Crippen molar-refractivity contribution in [2.75, 3.05) is 20.7 Å². The van der Waals surface area contributed by atoms with Crippen molar-refractivity contribution in [2.45, 2.75) is 6.04 Å². The first-order valence-electron chi connectivity index (χ1n) is 8.46. The molecule has 1 aliphatic rings. The van der Waals surface area contributed by atoms with Crippen molar-refractivity contribution in [1.82, 2.24) is 9.88 Å². The molecule has 1 N–H and O–H groups in total. The van der Waals surface area contributed by atoms with Crippen LogP contribution in [0.1, 0.15) is 17.2 Å². The van der Waals surface area contributed by atoms with Crippen molar-refractivity contribution < 1.29 is 14.3 Å². The summed E-state index contributed by atoms with van der Waals surface area (Å²) in [5, 5.41) is 8.75. The van der Waals surface area contributed by atoms with Gasteiger partial charge in [0.05, 0.1) is 24.8 Å². The molecule has 2 aromatic rings. The Kier molecular flexibility index (Phi) is 5.40. The molecule has 7 heteroatoms. The maximum absolute atomic E-state index is 12.9. The highest BCUT2D eigenvalue weighted by Crippen LogP contribution is 2.37.